The van der Waals surface area contributed by atoms with E-state index in [0.29, 0.717) is 5.57 Å². The van der Waals surface area contributed by atoms with E-state index >= 15 is 0 Å². The number of pyridine rings is 1. The molecular weight excluding hydrogens is 498 g/mol. The second-order valence-corrected chi connectivity index (χ2v) is 9.83. The molecule has 2 aromatic rings. The minimum Gasteiger partial charge on any atom is -0.488 e. The lowest BCUT2D eigenvalue weighted by atomic mass is 9.99. The topological polar surface area (TPSA) is 61.6 Å². The lowest BCUT2D eigenvalue weighted by molar-refractivity contribution is -0.0498. The molecule has 0 atom stereocenters. The third-order valence-corrected chi connectivity index (χ3v) is 7.18. The number of hydrogen-bond donors (Lipinski definition) is 0. The Kier molecular flexibility index (Phi) is 9.59. The maximum Gasteiger partial charge on any atom is 0.387 e. The Morgan fingerprint density at radius 2 is 1.87 bits per heavy atom. The average Bonchev–Trinajstić information content (AvgIpc) is 3.77. The van der Waals surface area contributed by atoms with E-state index < -0.39 is 6.61 Å². The number of ether oxygens (including phenoxy) is 2. The van der Waals surface area contributed by atoms with Gasteiger partial charge in [0.2, 0.25) is 0 Å². The van der Waals surface area contributed by atoms with Crippen molar-refractivity contribution < 1.29 is 18.3 Å². The van der Waals surface area contributed by atoms with Gasteiger partial charge in [-0.05, 0) is 82.4 Å². The number of rotatable bonds is 11. The molecule has 0 spiro atoms. The van der Waals surface area contributed by atoms with Crippen molar-refractivity contribution in [1.82, 2.24) is 9.88 Å². The van der Waals surface area contributed by atoms with E-state index in [0.717, 1.165) is 68.0 Å². The number of benzene rings is 1. The highest BCUT2D eigenvalue weighted by Gasteiger charge is 2.31. The summed E-state index contributed by atoms with van der Waals surface area (Å²) in [6.45, 7) is 4.95. The van der Waals surface area contributed by atoms with Crippen LogP contribution in [-0.4, -0.2) is 41.7 Å². The predicted molar refractivity (Wildman–Crippen MR) is 149 cm³/mol. The van der Waals surface area contributed by atoms with E-state index in [-0.39, 0.29) is 17.9 Å². The van der Waals surface area contributed by atoms with Gasteiger partial charge in [-0.15, -0.1) is 0 Å². The second kappa shape index (κ2) is 13.3. The number of aromatic nitrogens is 1. The van der Waals surface area contributed by atoms with Gasteiger partial charge in [-0.2, -0.15) is 14.0 Å². The molecule has 0 N–H and O–H groups in total. The summed E-state index contributed by atoms with van der Waals surface area (Å²) in [4.78, 5) is 9.02. The van der Waals surface area contributed by atoms with Crippen LogP contribution in [0.2, 0.25) is 0 Å². The van der Waals surface area contributed by atoms with Gasteiger partial charge < -0.3 is 19.3 Å². The summed E-state index contributed by atoms with van der Waals surface area (Å²) in [5.74, 6) is 0.905. The lowest BCUT2D eigenvalue weighted by Gasteiger charge is -2.41. The Hall–Kier alpha value is -3.86. The fraction of sp³-hybridized carbons (Fsp3) is 0.419. The van der Waals surface area contributed by atoms with Crippen LogP contribution in [0.5, 0.6) is 11.5 Å². The van der Waals surface area contributed by atoms with Crippen LogP contribution in [0.1, 0.15) is 52.9 Å². The van der Waals surface area contributed by atoms with Gasteiger partial charge in [-0.25, -0.2) is 0 Å². The molecule has 0 radical (unpaired) electrons. The fourth-order valence-corrected chi connectivity index (χ4v) is 4.78. The summed E-state index contributed by atoms with van der Waals surface area (Å²) in [6, 6.07) is 11.0. The number of nitriles is 1. The Balaban J connectivity index is 1.61. The van der Waals surface area contributed by atoms with E-state index in [1.165, 1.54) is 5.57 Å². The molecule has 0 unspecified atom stereocenters. The minimum atomic E-state index is -2.87. The number of halogens is 2. The number of hydrogen-bond acceptors (Lipinski definition) is 6. The standard InChI is InChI=1S/C31H36F2N4O2/c1-4-22(3)28(13-6-23(5-2)20-34)36-18-15-25(16-19-36)37(24-7-9-27(10-8-24)39-31(32)33)29-21-35-17-14-30(29)38-26-11-12-26/h5-10,13-14,17,21,25-26,31H,4,11-12,15-16,18-19H2,1-3H3/b13-6-,23-5+,28-22?. The monoisotopic (exact) mass is 534 g/mol. The zero-order valence-corrected chi connectivity index (χ0v) is 22.8. The van der Waals surface area contributed by atoms with E-state index in [4.69, 9.17) is 4.74 Å². The van der Waals surface area contributed by atoms with E-state index in [9.17, 15) is 14.0 Å². The first kappa shape index (κ1) is 28.2. The Morgan fingerprint density at radius 1 is 1.15 bits per heavy atom. The quantitative estimate of drug-likeness (QED) is 0.219. The van der Waals surface area contributed by atoms with Gasteiger partial charge in [0.25, 0.3) is 0 Å². The van der Waals surface area contributed by atoms with Crippen molar-refractivity contribution in [2.24, 2.45) is 0 Å². The molecule has 2 fully saturated rings. The van der Waals surface area contributed by atoms with Crippen molar-refractivity contribution >= 4 is 11.4 Å². The molecule has 2 aliphatic rings. The molecule has 39 heavy (non-hydrogen) atoms. The van der Waals surface area contributed by atoms with Gasteiger partial charge >= 0.3 is 6.61 Å². The zero-order chi connectivity index (χ0) is 27.8. The molecule has 6 nitrogen and oxygen atoms in total. The molecule has 206 valence electrons. The summed E-state index contributed by atoms with van der Waals surface area (Å²) in [7, 11) is 0. The van der Waals surface area contributed by atoms with E-state index in [2.05, 4.69) is 45.5 Å². The van der Waals surface area contributed by atoms with E-state index in [1.54, 1.807) is 18.3 Å². The third-order valence-electron chi connectivity index (χ3n) is 7.18. The molecule has 1 aromatic carbocycles. The summed E-state index contributed by atoms with van der Waals surface area (Å²) in [5, 5.41) is 9.33. The summed E-state index contributed by atoms with van der Waals surface area (Å²) in [5.41, 5.74) is 4.81. The van der Waals surface area contributed by atoms with Gasteiger partial charge in [0.05, 0.1) is 18.4 Å². The molecule has 1 aliphatic heterocycles. The zero-order valence-electron chi connectivity index (χ0n) is 22.8. The summed E-state index contributed by atoms with van der Waals surface area (Å²) >= 11 is 0. The summed E-state index contributed by atoms with van der Waals surface area (Å²) in [6.07, 6.45) is 14.3. The van der Waals surface area contributed by atoms with Gasteiger partial charge in [0.1, 0.15) is 17.2 Å². The van der Waals surface area contributed by atoms with Crippen LogP contribution < -0.4 is 14.4 Å². The maximum absolute atomic E-state index is 12.8. The molecule has 0 amide bonds. The Labute approximate surface area is 229 Å². The van der Waals surface area contributed by atoms with Crippen LogP contribution in [0.15, 0.2) is 77.8 Å². The Morgan fingerprint density at radius 3 is 2.46 bits per heavy atom. The normalized spacial score (nSPS) is 17.3. The first-order valence-electron chi connectivity index (χ1n) is 13.6. The number of likely N-dealkylation sites (tertiary alicyclic amines) is 1. The van der Waals surface area contributed by atoms with Crippen LogP contribution in [-0.2, 0) is 0 Å². The largest absolute Gasteiger partial charge is 0.488 e. The summed E-state index contributed by atoms with van der Waals surface area (Å²) < 4.78 is 36.3. The highest BCUT2D eigenvalue weighted by atomic mass is 19.3. The molecule has 1 aromatic heterocycles. The van der Waals surface area contributed by atoms with Crippen molar-refractivity contribution in [3.63, 3.8) is 0 Å². The van der Waals surface area contributed by atoms with Crippen molar-refractivity contribution in [2.75, 3.05) is 18.0 Å². The molecule has 0 bridgehead atoms. The van der Waals surface area contributed by atoms with Crippen molar-refractivity contribution in [3.8, 4) is 17.6 Å². The smallest absolute Gasteiger partial charge is 0.387 e. The van der Waals surface area contributed by atoms with Crippen molar-refractivity contribution in [2.45, 2.75) is 71.6 Å². The van der Waals surface area contributed by atoms with Gasteiger partial charge in [0, 0.05) is 48.4 Å². The molecule has 8 heteroatoms. The molecule has 2 heterocycles. The third kappa shape index (κ3) is 7.38. The molecule has 1 saturated carbocycles. The van der Waals surface area contributed by atoms with Gasteiger partial charge in [-0.1, -0.05) is 18.6 Å². The predicted octanol–water partition coefficient (Wildman–Crippen LogP) is 7.54. The van der Waals surface area contributed by atoms with E-state index in [1.807, 2.05) is 43.5 Å². The van der Waals surface area contributed by atoms with Gasteiger partial charge in [0.15, 0.2) is 0 Å². The molecule has 4 rings (SSSR count). The molecule has 1 saturated heterocycles. The number of nitrogens with zero attached hydrogens (tertiary/aromatic N) is 4. The number of anilines is 2. The van der Waals surface area contributed by atoms with Crippen molar-refractivity contribution in [1.29, 1.82) is 5.26 Å². The Bertz CT molecular complexity index is 1240. The molecular formula is C31H36F2N4O2. The van der Waals surface area contributed by atoms with Crippen LogP contribution in [0.3, 0.4) is 0 Å². The first-order chi connectivity index (χ1) is 18.9. The number of allylic oxidation sites excluding steroid dienone is 5. The first-order valence-corrected chi connectivity index (χ1v) is 13.6. The lowest BCUT2D eigenvalue weighted by Crippen LogP contribution is -2.43. The fourth-order valence-electron chi connectivity index (χ4n) is 4.78. The number of piperidine rings is 1. The SMILES string of the molecule is C/C=C(C#N)\C=C/C(=C(C)CC)N1CCC(N(c2ccc(OC(F)F)cc2)c2cnccc2OC2CC2)CC1. The highest BCUT2D eigenvalue weighted by molar-refractivity contribution is 5.70. The minimum absolute atomic E-state index is 0.124. The highest BCUT2D eigenvalue weighted by Crippen LogP contribution is 2.40. The maximum atomic E-state index is 12.8. The van der Waals surface area contributed by atoms with Crippen LogP contribution in [0.25, 0.3) is 0 Å². The number of alkyl halides is 2. The van der Waals surface area contributed by atoms with Crippen LogP contribution >= 0.6 is 0 Å². The van der Waals surface area contributed by atoms with Crippen LogP contribution in [0.4, 0.5) is 20.2 Å². The van der Waals surface area contributed by atoms with Gasteiger partial charge in [-0.3, -0.25) is 4.98 Å². The average molecular weight is 535 g/mol. The second-order valence-electron chi connectivity index (χ2n) is 9.83. The van der Waals surface area contributed by atoms with Crippen molar-refractivity contribution in [3.05, 3.63) is 77.8 Å². The van der Waals surface area contributed by atoms with Crippen LogP contribution in [0, 0.1) is 11.3 Å². The molecule has 1 aliphatic carbocycles.